The van der Waals surface area contributed by atoms with E-state index in [-0.39, 0.29) is 16.9 Å². The highest BCUT2D eigenvalue weighted by Crippen LogP contribution is 2.27. The molecular formula is C19H20FN7O. The summed E-state index contributed by atoms with van der Waals surface area (Å²) < 4.78 is 16.3. The number of nitrogens with zero attached hydrogens (tertiary/aromatic N) is 7. The minimum atomic E-state index is -0.314. The minimum absolute atomic E-state index is 0.174. The predicted molar refractivity (Wildman–Crippen MR) is 104 cm³/mol. The van der Waals surface area contributed by atoms with Gasteiger partial charge in [-0.15, -0.1) is 10.2 Å². The molecule has 9 heteroatoms. The third-order valence-electron chi connectivity index (χ3n) is 4.61. The second kappa shape index (κ2) is 7.08. The molecule has 0 amide bonds. The van der Waals surface area contributed by atoms with Crippen LogP contribution in [0.3, 0.4) is 0 Å². The first-order valence-electron chi connectivity index (χ1n) is 8.97. The highest BCUT2D eigenvalue weighted by molar-refractivity contribution is 5.83. The maximum Gasteiger partial charge on any atom is 0.283 e. The lowest BCUT2D eigenvalue weighted by Gasteiger charge is -2.10. The molecule has 1 aromatic carbocycles. The van der Waals surface area contributed by atoms with E-state index in [0.717, 1.165) is 24.1 Å². The van der Waals surface area contributed by atoms with Crippen molar-refractivity contribution in [3.05, 3.63) is 52.5 Å². The summed E-state index contributed by atoms with van der Waals surface area (Å²) in [7, 11) is 3.98. The number of aryl methyl sites for hydroxylation is 2. The molecule has 4 rings (SSSR count). The van der Waals surface area contributed by atoms with Crippen molar-refractivity contribution in [1.29, 1.82) is 0 Å². The first-order chi connectivity index (χ1) is 13.5. The van der Waals surface area contributed by atoms with Crippen molar-refractivity contribution in [2.24, 2.45) is 0 Å². The molecule has 0 unspecified atom stereocenters. The van der Waals surface area contributed by atoms with E-state index in [9.17, 15) is 9.18 Å². The van der Waals surface area contributed by atoms with Gasteiger partial charge in [0, 0.05) is 6.54 Å². The summed E-state index contributed by atoms with van der Waals surface area (Å²) in [5, 5.41) is 12.9. The Labute approximate surface area is 160 Å². The molecule has 8 nitrogen and oxygen atoms in total. The molecule has 0 fully saturated rings. The quantitative estimate of drug-likeness (QED) is 0.525. The van der Waals surface area contributed by atoms with E-state index in [2.05, 4.69) is 25.2 Å². The van der Waals surface area contributed by atoms with Crippen LogP contribution < -0.4 is 5.56 Å². The normalized spacial score (nSPS) is 11.8. The van der Waals surface area contributed by atoms with E-state index in [4.69, 9.17) is 0 Å². The van der Waals surface area contributed by atoms with Crippen LogP contribution in [-0.2, 0) is 6.54 Å². The van der Waals surface area contributed by atoms with E-state index >= 15 is 0 Å². The van der Waals surface area contributed by atoms with E-state index in [1.54, 1.807) is 16.7 Å². The zero-order chi connectivity index (χ0) is 19.8. The number of fused-ring (bicyclic) bond motifs is 3. The standard InChI is InChI=1S/C19H20FN7O/c1-12-15(13-5-7-14(20)8-6-13)17-23-22-16-18(27(17)24-12)21-11-26(19(16)28)10-4-9-25(2)3/h5-8,11H,4,9-10H2,1-3H3. The van der Waals surface area contributed by atoms with Gasteiger partial charge in [-0.05, 0) is 51.7 Å². The van der Waals surface area contributed by atoms with Crippen LogP contribution in [0.4, 0.5) is 4.39 Å². The highest BCUT2D eigenvalue weighted by Gasteiger charge is 2.18. The number of halogens is 1. The van der Waals surface area contributed by atoms with Crippen LogP contribution in [-0.4, -0.2) is 54.9 Å². The first kappa shape index (κ1) is 18.2. The fourth-order valence-corrected chi connectivity index (χ4v) is 3.24. The Balaban J connectivity index is 1.82. The van der Waals surface area contributed by atoms with Crippen LogP contribution >= 0.6 is 0 Å². The van der Waals surface area contributed by atoms with Gasteiger partial charge in [0.2, 0.25) is 0 Å². The second-order valence-electron chi connectivity index (χ2n) is 6.97. The number of benzene rings is 1. The maximum absolute atomic E-state index is 13.3. The van der Waals surface area contributed by atoms with Gasteiger partial charge in [0.15, 0.2) is 16.8 Å². The molecule has 0 saturated heterocycles. The summed E-state index contributed by atoms with van der Waals surface area (Å²) in [6, 6.07) is 6.11. The van der Waals surface area contributed by atoms with Gasteiger partial charge in [0.05, 0.1) is 11.3 Å². The summed E-state index contributed by atoms with van der Waals surface area (Å²) >= 11 is 0. The van der Waals surface area contributed by atoms with Crippen molar-refractivity contribution in [2.45, 2.75) is 19.9 Å². The Hall–Kier alpha value is -3.20. The van der Waals surface area contributed by atoms with Gasteiger partial charge in [0.1, 0.15) is 12.1 Å². The van der Waals surface area contributed by atoms with Crippen molar-refractivity contribution in [2.75, 3.05) is 20.6 Å². The Bertz CT molecular complexity index is 1210. The SMILES string of the molecule is Cc1nn2c(nnc3c(=O)n(CCCN(C)C)cnc32)c1-c1ccc(F)cc1. The molecule has 0 saturated carbocycles. The average molecular weight is 381 g/mol. The fourth-order valence-electron chi connectivity index (χ4n) is 3.24. The summed E-state index contributed by atoms with van der Waals surface area (Å²) in [6.45, 7) is 3.26. The monoisotopic (exact) mass is 381 g/mol. The molecule has 0 N–H and O–H groups in total. The van der Waals surface area contributed by atoms with E-state index < -0.39 is 0 Å². The minimum Gasteiger partial charge on any atom is -0.309 e. The largest absolute Gasteiger partial charge is 0.309 e. The number of rotatable bonds is 5. The average Bonchev–Trinajstić information content (AvgIpc) is 3.00. The zero-order valence-electron chi connectivity index (χ0n) is 15.9. The number of hydrogen-bond donors (Lipinski definition) is 0. The molecule has 4 aromatic rings. The molecular weight excluding hydrogens is 361 g/mol. The first-order valence-corrected chi connectivity index (χ1v) is 8.97. The molecule has 0 atom stereocenters. The van der Waals surface area contributed by atoms with Crippen LogP contribution in [0.25, 0.3) is 27.9 Å². The van der Waals surface area contributed by atoms with Crippen molar-refractivity contribution in [3.63, 3.8) is 0 Å². The van der Waals surface area contributed by atoms with Gasteiger partial charge in [-0.25, -0.2) is 9.37 Å². The molecule has 3 aromatic heterocycles. The van der Waals surface area contributed by atoms with E-state index in [1.807, 2.05) is 21.0 Å². The zero-order valence-corrected chi connectivity index (χ0v) is 15.9. The third kappa shape index (κ3) is 3.13. The number of aromatic nitrogens is 6. The lowest BCUT2D eigenvalue weighted by Crippen LogP contribution is -2.25. The Morgan fingerprint density at radius 1 is 1.11 bits per heavy atom. The van der Waals surface area contributed by atoms with Gasteiger partial charge in [-0.3, -0.25) is 9.36 Å². The van der Waals surface area contributed by atoms with E-state index in [1.165, 1.54) is 23.0 Å². The molecule has 0 aliphatic heterocycles. The molecule has 0 spiro atoms. The Morgan fingerprint density at radius 3 is 2.57 bits per heavy atom. The van der Waals surface area contributed by atoms with Crippen LogP contribution in [0.15, 0.2) is 35.4 Å². The van der Waals surface area contributed by atoms with Gasteiger partial charge < -0.3 is 4.90 Å². The van der Waals surface area contributed by atoms with Crippen molar-refractivity contribution < 1.29 is 4.39 Å². The Morgan fingerprint density at radius 2 is 1.86 bits per heavy atom. The maximum atomic E-state index is 13.3. The van der Waals surface area contributed by atoms with E-state index in [0.29, 0.717) is 23.5 Å². The molecule has 0 aliphatic carbocycles. The van der Waals surface area contributed by atoms with Gasteiger partial charge in [-0.2, -0.15) is 9.61 Å². The van der Waals surface area contributed by atoms with Crippen LogP contribution in [0.1, 0.15) is 12.1 Å². The second-order valence-corrected chi connectivity index (χ2v) is 6.97. The van der Waals surface area contributed by atoms with Crippen LogP contribution in [0.2, 0.25) is 0 Å². The topological polar surface area (TPSA) is 81.2 Å². The molecule has 0 radical (unpaired) electrons. The summed E-state index contributed by atoms with van der Waals surface area (Å²) in [5.41, 5.74) is 2.99. The molecule has 28 heavy (non-hydrogen) atoms. The third-order valence-corrected chi connectivity index (χ3v) is 4.61. The summed E-state index contributed by atoms with van der Waals surface area (Å²) in [4.78, 5) is 19.3. The van der Waals surface area contributed by atoms with Crippen LogP contribution in [0.5, 0.6) is 0 Å². The predicted octanol–water partition coefficient (Wildman–Crippen LogP) is 1.90. The smallest absolute Gasteiger partial charge is 0.283 e. The summed E-state index contributed by atoms with van der Waals surface area (Å²) in [6.07, 6.45) is 2.35. The van der Waals surface area contributed by atoms with Crippen molar-refractivity contribution in [1.82, 2.24) is 34.3 Å². The highest BCUT2D eigenvalue weighted by atomic mass is 19.1. The Kier molecular flexibility index (Phi) is 4.60. The van der Waals surface area contributed by atoms with Crippen molar-refractivity contribution >= 4 is 16.8 Å². The molecule has 0 aliphatic rings. The van der Waals surface area contributed by atoms with Gasteiger partial charge >= 0.3 is 0 Å². The van der Waals surface area contributed by atoms with Gasteiger partial charge in [-0.1, -0.05) is 12.1 Å². The van der Waals surface area contributed by atoms with Crippen LogP contribution in [0, 0.1) is 12.7 Å². The molecule has 144 valence electrons. The lowest BCUT2D eigenvalue weighted by molar-refractivity contribution is 0.384. The van der Waals surface area contributed by atoms with Gasteiger partial charge in [0.25, 0.3) is 5.56 Å². The number of hydrogen-bond acceptors (Lipinski definition) is 6. The molecule has 3 heterocycles. The summed E-state index contributed by atoms with van der Waals surface area (Å²) in [5.74, 6) is -0.314. The lowest BCUT2D eigenvalue weighted by atomic mass is 10.1. The fraction of sp³-hybridized carbons (Fsp3) is 0.316. The van der Waals surface area contributed by atoms with Crippen molar-refractivity contribution in [3.8, 4) is 11.1 Å². The molecule has 0 bridgehead atoms.